The van der Waals surface area contributed by atoms with Crippen LogP contribution in [0.25, 0.3) is 99.5 Å². The molecule has 10 rings (SSSR count). The van der Waals surface area contributed by atoms with E-state index in [9.17, 15) is 0 Å². The maximum absolute atomic E-state index is 5.47. The zero-order valence-electron chi connectivity index (χ0n) is 28.2. The number of pyridine rings is 3. The lowest BCUT2D eigenvalue weighted by molar-refractivity contribution is 1.36. The zero-order chi connectivity index (χ0) is 34.4. The molecule has 0 bridgehead atoms. The van der Waals surface area contributed by atoms with Crippen molar-refractivity contribution in [2.24, 2.45) is 0 Å². The summed E-state index contributed by atoms with van der Waals surface area (Å²) in [5.41, 5.74) is 13.4. The van der Waals surface area contributed by atoms with Gasteiger partial charge in [0.25, 0.3) is 0 Å². The minimum absolute atomic E-state index is 0.900. The van der Waals surface area contributed by atoms with Crippen LogP contribution in [0.15, 0.2) is 188 Å². The quantitative estimate of drug-likeness (QED) is 0.172. The number of rotatable bonds is 5. The van der Waals surface area contributed by atoms with Gasteiger partial charge in [0.15, 0.2) is 0 Å². The minimum atomic E-state index is 0.900. The van der Waals surface area contributed by atoms with Crippen molar-refractivity contribution in [2.75, 3.05) is 0 Å². The monoisotopic (exact) mass is 661 g/mol. The van der Waals surface area contributed by atoms with Gasteiger partial charge in [-0.05, 0) is 34.9 Å². The lowest BCUT2D eigenvalue weighted by Gasteiger charge is -2.16. The van der Waals surface area contributed by atoms with Crippen LogP contribution in [0, 0.1) is 0 Å². The Bertz CT molecular complexity index is 2940. The first-order chi connectivity index (χ1) is 25.8. The second-order valence-corrected chi connectivity index (χ2v) is 13.2. The third-order valence-corrected chi connectivity index (χ3v) is 10.0. The molecule has 7 aromatic carbocycles. The molecule has 0 atom stereocenters. The van der Waals surface area contributed by atoms with Gasteiger partial charge in [0.2, 0.25) is 0 Å². The van der Waals surface area contributed by atoms with Gasteiger partial charge < -0.3 is 0 Å². The smallest absolute Gasteiger partial charge is 0.0972 e. The minimum Gasteiger partial charge on any atom is -0.246 e. The average molecular weight is 662 g/mol. The van der Waals surface area contributed by atoms with E-state index in [0.29, 0.717) is 0 Å². The van der Waals surface area contributed by atoms with Crippen molar-refractivity contribution < 1.29 is 0 Å². The second-order valence-electron chi connectivity index (χ2n) is 13.2. The van der Waals surface area contributed by atoms with E-state index in [1.807, 2.05) is 18.2 Å². The van der Waals surface area contributed by atoms with Crippen LogP contribution in [0.5, 0.6) is 0 Å². The molecule has 3 aromatic heterocycles. The highest BCUT2D eigenvalue weighted by Crippen LogP contribution is 2.41. The van der Waals surface area contributed by atoms with E-state index in [2.05, 4.69) is 170 Å². The van der Waals surface area contributed by atoms with Crippen LogP contribution in [-0.4, -0.2) is 15.0 Å². The van der Waals surface area contributed by atoms with Crippen LogP contribution in [0.2, 0.25) is 0 Å². The predicted molar refractivity (Wildman–Crippen MR) is 217 cm³/mol. The summed E-state index contributed by atoms with van der Waals surface area (Å²) in [6.07, 6.45) is 0. The summed E-state index contributed by atoms with van der Waals surface area (Å²) in [6.45, 7) is 0. The average Bonchev–Trinajstić information content (AvgIpc) is 3.23. The Balaban J connectivity index is 1.17. The third kappa shape index (κ3) is 5.10. The lowest BCUT2D eigenvalue weighted by Crippen LogP contribution is -1.94. The molecule has 0 amide bonds. The van der Waals surface area contributed by atoms with Gasteiger partial charge in [-0.15, -0.1) is 0 Å². The van der Waals surface area contributed by atoms with E-state index in [-0.39, 0.29) is 0 Å². The molecule has 3 heterocycles. The number of nitrogens with zero attached hydrogens (tertiary/aromatic N) is 3. The molecular formula is C49H31N3. The van der Waals surface area contributed by atoms with Crippen molar-refractivity contribution in [3.63, 3.8) is 0 Å². The fourth-order valence-electron chi connectivity index (χ4n) is 7.53. The van der Waals surface area contributed by atoms with Gasteiger partial charge in [-0.3, -0.25) is 0 Å². The molecule has 0 aliphatic heterocycles. The first kappa shape index (κ1) is 29.9. The Labute approximate surface area is 301 Å². The molecule has 242 valence electrons. The number of hydrogen-bond acceptors (Lipinski definition) is 3. The standard InChI is InChI=1S/C49H31N3/c1-4-13-32(14-5-1)39-21-11-23-41-45(39)42-24-12-22-40(49(42)52-46(41)34-17-8-3-9-18-34)37-19-10-20-38(31-37)44-30-28-36-26-25-35-27-29-43(33-15-6-2-7-16-33)50-47(35)48(36)51-44/h1-31H. The molecule has 0 aliphatic rings. The highest BCUT2D eigenvalue weighted by Gasteiger charge is 2.17. The van der Waals surface area contributed by atoms with Gasteiger partial charge in [-0.25, -0.2) is 15.0 Å². The molecule has 0 N–H and O–H groups in total. The van der Waals surface area contributed by atoms with Crippen LogP contribution in [0.4, 0.5) is 0 Å². The zero-order valence-corrected chi connectivity index (χ0v) is 28.2. The van der Waals surface area contributed by atoms with Gasteiger partial charge in [0.1, 0.15) is 0 Å². The number of aromatic nitrogens is 3. The Hall–Kier alpha value is -6.97. The van der Waals surface area contributed by atoms with Crippen molar-refractivity contribution in [3.05, 3.63) is 188 Å². The van der Waals surface area contributed by atoms with Crippen molar-refractivity contribution in [2.45, 2.75) is 0 Å². The molecular weight excluding hydrogens is 631 g/mol. The Morgan fingerprint density at radius 3 is 1.46 bits per heavy atom. The van der Waals surface area contributed by atoms with Gasteiger partial charge in [-0.1, -0.05) is 170 Å². The molecule has 3 nitrogen and oxygen atoms in total. The molecule has 0 radical (unpaired) electrons. The molecule has 0 unspecified atom stereocenters. The normalized spacial score (nSPS) is 11.5. The molecule has 0 spiro atoms. The van der Waals surface area contributed by atoms with Crippen molar-refractivity contribution in [1.82, 2.24) is 15.0 Å². The maximum atomic E-state index is 5.47. The molecule has 0 saturated heterocycles. The number of benzene rings is 7. The fourth-order valence-corrected chi connectivity index (χ4v) is 7.53. The summed E-state index contributed by atoms with van der Waals surface area (Å²) in [7, 11) is 0. The van der Waals surface area contributed by atoms with E-state index in [4.69, 9.17) is 15.0 Å². The van der Waals surface area contributed by atoms with Gasteiger partial charge in [0, 0.05) is 49.2 Å². The van der Waals surface area contributed by atoms with Crippen molar-refractivity contribution >= 4 is 43.5 Å². The first-order valence-corrected chi connectivity index (χ1v) is 17.6. The summed E-state index contributed by atoms with van der Waals surface area (Å²) in [4.78, 5) is 15.9. The number of fused-ring (bicyclic) bond motifs is 6. The van der Waals surface area contributed by atoms with E-state index in [0.717, 1.165) is 83.0 Å². The van der Waals surface area contributed by atoms with Crippen molar-refractivity contribution in [1.29, 1.82) is 0 Å². The SMILES string of the molecule is c1ccc(-c2ccc3ccc4ccc(-c5cccc(-c6cccc7c6nc(-c6ccccc6)c6cccc(-c8ccccc8)c67)c5)nc4c3n2)cc1. The largest absolute Gasteiger partial charge is 0.246 e. The molecule has 0 aliphatic carbocycles. The topological polar surface area (TPSA) is 38.7 Å². The summed E-state index contributed by atoms with van der Waals surface area (Å²) in [5, 5.41) is 5.62. The van der Waals surface area contributed by atoms with E-state index >= 15 is 0 Å². The first-order valence-electron chi connectivity index (χ1n) is 17.6. The summed E-state index contributed by atoms with van der Waals surface area (Å²) >= 11 is 0. The maximum Gasteiger partial charge on any atom is 0.0972 e. The summed E-state index contributed by atoms with van der Waals surface area (Å²) < 4.78 is 0. The number of hydrogen-bond donors (Lipinski definition) is 0. The molecule has 0 fully saturated rings. The summed E-state index contributed by atoms with van der Waals surface area (Å²) in [5.74, 6) is 0. The highest BCUT2D eigenvalue weighted by atomic mass is 14.8. The van der Waals surface area contributed by atoms with Crippen LogP contribution < -0.4 is 0 Å². The van der Waals surface area contributed by atoms with Crippen LogP contribution in [0.3, 0.4) is 0 Å². The Morgan fingerprint density at radius 1 is 0.288 bits per heavy atom. The van der Waals surface area contributed by atoms with Gasteiger partial charge in [0.05, 0.1) is 33.6 Å². The van der Waals surface area contributed by atoms with Crippen LogP contribution in [0.1, 0.15) is 0 Å². The van der Waals surface area contributed by atoms with E-state index in [1.165, 1.54) is 16.5 Å². The van der Waals surface area contributed by atoms with E-state index < -0.39 is 0 Å². The van der Waals surface area contributed by atoms with Crippen LogP contribution >= 0.6 is 0 Å². The number of para-hydroxylation sites is 1. The Kier molecular flexibility index (Phi) is 7.14. The molecule has 10 aromatic rings. The molecule has 0 saturated carbocycles. The lowest BCUT2D eigenvalue weighted by atomic mass is 9.91. The Morgan fingerprint density at radius 2 is 0.788 bits per heavy atom. The predicted octanol–water partition coefficient (Wildman–Crippen LogP) is 12.8. The van der Waals surface area contributed by atoms with E-state index in [1.54, 1.807) is 0 Å². The van der Waals surface area contributed by atoms with Crippen LogP contribution in [-0.2, 0) is 0 Å². The third-order valence-electron chi connectivity index (χ3n) is 10.0. The fraction of sp³-hybridized carbons (Fsp3) is 0. The van der Waals surface area contributed by atoms with Gasteiger partial charge in [-0.2, -0.15) is 0 Å². The molecule has 3 heteroatoms. The molecule has 52 heavy (non-hydrogen) atoms. The second kappa shape index (κ2) is 12.4. The summed E-state index contributed by atoms with van der Waals surface area (Å²) in [6, 6.07) is 66.1. The highest BCUT2D eigenvalue weighted by molar-refractivity contribution is 6.19. The van der Waals surface area contributed by atoms with Crippen molar-refractivity contribution in [3.8, 4) is 56.0 Å². The van der Waals surface area contributed by atoms with Gasteiger partial charge >= 0.3 is 0 Å².